The van der Waals surface area contributed by atoms with Crippen molar-refractivity contribution in [2.24, 2.45) is 12.5 Å². The molecular weight excluding hydrogens is 504 g/mol. The fraction of sp³-hybridized carbons (Fsp3) is 0.517. The Morgan fingerprint density at radius 2 is 1.68 bits per heavy atom. The van der Waals surface area contributed by atoms with E-state index in [0.29, 0.717) is 22.5 Å². The number of piperidine rings is 2. The van der Waals surface area contributed by atoms with Gasteiger partial charge in [0.1, 0.15) is 0 Å². The molecule has 6 rings (SSSR count). The maximum atomic E-state index is 13.8. The molecule has 1 spiro atoms. The third-order valence-corrected chi connectivity index (χ3v) is 9.41. The highest BCUT2D eigenvalue weighted by Crippen LogP contribution is 2.54. The summed E-state index contributed by atoms with van der Waals surface area (Å²) in [7, 11) is 1.86. The van der Waals surface area contributed by atoms with Crippen LogP contribution in [-0.2, 0) is 7.05 Å². The highest BCUT2D eigenvalue weighted by Gasteiger charge is 2.44. The lowest BCUT2D eigenvalue weighted by Crippen LogP contribution is -2.39. The Hall–Kier alpha value is -2.81. The standard InChI is InChI=1S/C29H35F2N5OS/c1-3-38-21-5-6-22(25(19-21)35-14-10-28(8-9-28)11-15-35)27(37)32-20-4-7-24-23(18-20)26(33-34(24)2)36-16-12-29(30,31)13-17-36/h4-7,18-19H,3,8-17H2,1-2H3,(H,32,37). The summed E-state index contributed by atoms with van der Waals surface area (Å²) in [4.78, 5) is 19.1. The third kappa shape index (κ3) is 4.97. The van der Waals surface area contributed by atoms with Crippen LogP contribution in [0.2, 0.25) is 0 Å². The number of aromatic nitrogens is 2. The average molecular weight is 540 g/mol. The molecule has 0 bridgehead atoms. The van der Waals surface area contributed by atoms with E-state index >= 15 is 0 Å². The van der Waals surface area contributed by atoms with Gasteiger partial charge < -0.3 is 15.1 Å². The Labute approximate surface area is 226 Å². The number of nitrogens with zero attached hydrogens (tertiary/aromatic N) is 4. The second-order valence-corrected chi connectivity index (χ2v) is 12.4. The molecule has 2 aliphatic heterocycles. The number of rotatable bonds is 6. The lowest BCUT2D eigenvalue weighted by molar-refractivity contribution is -0.0221. The molecule has 1 aliphatic carbocycles. The summed E-state index contributed by atoms with van der Waals surface area (Å²) >= 11 is 1.79. The molecule has 6 nitrogen and oxygen atoms in total. The minimum absolute atomic E-state index is 0.137. The van der Waals surface area contributed by atoms with Crippen molar-refractivity contribution in [2.75, 3.05) is 47.0 Å². The van der Waals surface area contributed by atoms with E-state index in [4.69, 9.17) is 0 Å². The molecule has 3 fully saturated rings. The van der Waals surface area contributed by atoms with Crippen molar-refractivity contribution in [3.8, 4) is 0 Å². The van der Waals surface area contributed by atoms with Crippen LogP contribution in [0.25, 0.3) is 10.9 Å². The first-order valence-corrected chi connectivity index (χ1v) is 14.7. The van der Waals surface area contributed by atoms with E-state index in [0.717, 1.165) is 35.4 Å². The zero-order valence-electron chi connectivity index (χ0n) is 22.1. The Morgan fingerprint density at radius 1 is 0.974 bits per heavy atom. The minimum atomic E-state index is -2.61. The number of amides is 1. The van der Waals surface area contributed by atoms with E-state index in [1.165, 1.54) is 30.6 Å². The Kier molecular flexibility index (Phi) is 6.53. The number of thioether (sulfide) groups is 1. The second-order valence-electron chi connectivity index (χ2n) is 11.1. The van der Waals surface area contributed by atoms with Gasteiger partial charge in [-0.15, -0.1) is 11.8 Å². The maximum absolute atomic E-state index is 13.8. The van der Waals surface area contributed by atoms with Gasteiger partial charge in [0, 0.05) is 62.0 Å². The highest BCUT2D eigenvalue weighted by atomic mass is 32.2. The van der Waals surface area contributed by atoms with Crippen LogP contribution in [0.15, 0.2) is 41.3 Å². The molecule has 2 saturated heterocycles. The van der Waals surface area contributed by atoms with Gasteiger partial charge in [0.2, 0.25) is 0 Å². The van der Waals surface area contributed by atoms with Crippen molar-refractivity contribution in [1.29, 1.82) is 0 Å². The minimum Gasteiger partial charge on any atom is -0.371 e. The molecule has 0 atom stereocenters. The van der Waals surface area contributed by atoms with Crippen LogP contribution >= 0.6 is 11.8 Å². The van der Waals surface area contributed by atoms with Crippen LogP contribution in [0.5, 0.6) is 0 Å². The van der Waals surface area contributed by atoms with Crippen LogP contribution in [-0.4, -0.2) is 53.5 Å². The quantitative estimate of drug-likeness (QED) is 0.360. The van der Waals surface area contributed by atoms with E-state index in [1.54, 1.807) is 16.4 Å². The number of benzene rings is 2. The molecule has 3 aliphatic rings. The zero-order chi connectivity index (χ0) is 26.5. The number of carbonyl (C=O) groups excluding carboxylic acids is 1. The van der Waals surface area contributed by atoms with Crippen molar-refractivity contribution in [3.63, 3.8) is 0 Å². The maximum Gasteiger partial charge on any atom is 0.257 e. The molecule has 2 aromatic carbocycles. The van der Waals surface area contributed by atoms with Crippen molar-refractivity contribution in [2.45, 2.75) is 56.3 Å². The summed E-state index contributed by atoms with van der Waals surface area (Å²) in [5.74, 6) is -1.08. The topological polar surface area (TPSA) is 53.4 Å². The molecule has 202 valence electrons. The van der Waals surface area contributed by atoms with Gasteiger partial charge in [0.15, 0.2) is 5.82 Å². The summed E-state index contributed by atoms with van der Waals surface area (Å²) < 4.78 is 29.3. The summed E-state index contributed by atoms with van der Waals surface area (Å²) in [5, 5.41) is 8.61. The first-order chi connectivity index (χ1) is 18.3. The Balaban J connectivity index is 1.26. The molecule has 9 heteroatoms. The van der Waals surface area contributed by atoms with Crippen LogP contribution in [0.4, 0.5) is 26.0 Å². The molecule has 0 radical (unpaired) electrons. The first-order valence-electron chi connectivity index (χ1n) is 13.7. The van der Waals surface area contributed by atoms with Crippen LogP contribution in [0.3, 0.4) is 0 Å². The number of carbonyl (C=O) groups is 1. The van der Waals surface area contributed by atoms with Crippen LogP contribution < -0.4 is 15.1 Å². The highest BCUT2D eigenvalue weighted by molar-refractivity contribution is 7.99. The molecule has 1 aromatic heterocycles. The number of anilines is 3. The van der Waals surface area contributed by atoms with E-state index in [1.807, 2.05) is 42.3 Å². The zero-order valence-corrected chi connectivity index (χ0v) is 22.9. The largest absolute Gasteiger partial charge is 0.371 e. The average Bonchev–Trinajstić information content (AvgIpc) is 3.58. The predicted octanol–water partition coefficient (Wildman–Crippen LogP) is 6.55. The van der Waals surface area contributed by atoms with Crippen LogP contribution in [0, 0.1) is 5.41 Å². The lowest BCUT2D eigenvalue weighted by Gasteiger charge is -2.35. The predicted molar refractivity (Wildman–Crippen MR) is 151 cm³/mol. The first kappa shape index (κ1) is 25.5. The number of hydrogen-bond donors (Lipinski definition) is 1. The van der Waals surface area contributed by atoms with E-state index in [2.05, 4.69) is 28.3 Å². The van der Waals surface area contributed by atoms with E-state index < -0.39 is 5.92 Å². The Morgan fingerprint density at radius 3 is 2.37 bits per heavy atom. The number of aryl methyl sites for hydroxylation is 1. The van der Waals surface area contributed by atoms with Crippen molar-refractivity contribution in [3.05, 3.63) is 42.0 Å². The summed E-state index contributed by atoms with van der Waals surface area (Å²) in [6.07, 6.45) is 4.74. The molecule has 3 heterocycles. The molecular formula is C29H35F2N5OS. The summed E-state index contributed by atoms with van der Waals surface area (Å²) in [6, 6.07) is 11.9. The van der Waals surface area contributed by atoms with Crippen molar-refractivity contribution < 1.29 is 13.6 Å². The number of halogens is 2. The van der Waals surface area contributed by atoms with Gasteiger partial charge in [-0.1, -0.05) is 6.92 Å². The van der Waals surface area contributed by atoms with E-state index in [9.17, 15) is 13.6 Å². The van der Waals surface area contributed by atoms with Gasteiger partial charge in [-0.2, -0.15) is 5.10 Å². The fourth-order valence-electron chi connectivity index (χ4n) is 5.92. The normalized spacial score (nSPS) is 20.2. The molecule has 1 amide bonds. The van der Waals surface area contributed by atoms with Gasteiger partial charge >= 0.3 is 0 Å². The molecule has 0 unspecified atom stereocenters. The van der Waals surface area contributed by atoms with Crippen molar-refractivity contribution >= 4 is 45.8 Å². The molecule has 3 aromatic rings. The molecule has 1 saturated carbocycles. The number of nitrogens with one attached hydrogen (secondary N) is 1. The smallest absolute Gasteiger partial charge is 0.257 e. The number of hydrogen-bond acceptors (Lipinski definition) is 5. The summed E-state index contributed by atoms with van der Waals surface area (Å²) in [6.45, 7) is 4.64. The summed E-state index contributed by atoms with van der Waals surface area (Å²) in [5.41, 5.74) is 3.83. The fourth-order valence-corrected chi connectivity index (χ4v) is 6.62. The number of alkyl halides is 2. The molecule has 1 N–H and O–H groups in total. The Bertz CT molecular complexity index is 1350. The van der Waals surface area contributed by atoms with Gasteiger partial charge in [0.05, 0.1) is 16.8 Å². The molecule has 38 heavy (non-hydrogen) atoms. The lowest BCUT2D eigenvalue weighted by atomic mass is 9.93. The van der Waals surface area contributed by atoms with Gasteiger partial charge in [-0.3, -0.25) is 9.48 Å². The van der Waals surface area contributed by atoms with E-state index in [-0.39, 0.29) is 31.8 Å². The SMILES string of the molecule is CCSc1ccc(C(=O)Nc2ccc3c(c2)c(N2CCC(F)(F)CC2)nn3C)c(N2CCC3(CC2)CC3)c1. The van der Waals surface area contributed by atoms with Gasteiger partial charge in [-0.05, 0) is 73.2 Å². The van der Waals surface area contributed by atoms with Gasteiger partial charge in [-0.25, -0.2) is 8.78 Å². The second kappa shape index (κ2) is 9.74. The third-order valence-electron chi connectivity index (χ3n) is 8.53. The van der Waals surface area contributed by atoms with Crippen molar-refractivity contribution in [1.82, 2.24) is 9.78 Å². The van der Waals surface area contributed by atoms with Gasteiger partial charge in [0.25, 0.3) is 11.8 Å². The monoisotopic (exact) mass is 539 g/mol. The number of fused-ring (bicyclic) bond motifs is 1. The van der Waals surface area contributed by atoms with Crippen LogP contribution in [0.1, 0.15) is 55.8 Å².